The molecule has 0 bridgehead atoms. The average molecular weight is 589 g/mol. The summed E-state index contributed by atoms with van der Waals surface area (Å²) < 4.78 is 25.1. The fraction of sp³-hybridized carbons (Fsp3) is 0.281. The number of hydrogen-bond donors (Lipinski definition) is 1. The highest BCUT2D eigenvalue weighted by Crippen LogP contribution is 2.46. The topological polar surface area (TPSA) is 109 Å². The maximum Gasteiger partial charge on any atom is 0.329 e. The highest BCUT2D eigenvalue weighted by molar-refractivity contribution is 8.00. The summed E-state index contributed by atoms with van der Waals surface area (Å²) in [4.78, 5) is 38.6. The number of hydrogen-bond acceptors (Lipinski definition) is 8. The van der Waals surface area contributed by atoms with Crippen LogP contribution < -0.4 is 20.7 Å². The van der Waals surface area contributed by atoms with Gasteiger partial charge in [0.1, 0.15) is 23.2 Å². The molecule has 0 radical (unpaired) electrons. The van der Waals surface area contributed by atoms with Gasteiger partial charge < -0.3 is 18.9 Å². The van der Waals surface area contributed by atoms with Gasteiger partial charge in [-0.1, -0.05) is 54.6 Å². The molecule has 42 heavy (non-hydrogen) atoms. The van der Waals surface area contributed by atoms with Crippen molar-refractivity contribution in [3.05, 3.63) is 129 Å². The van der Waals surface area contributed by atoms with Crippen LogP contribution >= 0.6 is 11.8 Å². The minimum Gasteiger partial charge on any atom is -0.497 e. The summed E-state index contributed by atoms with van der Waals surface area (Å²) >= 11 is 1.47. The average Bonchev–Trinajstić information content (AvgIpc) is 3.40. The lowest BCUT2D eigenvalue weighted by atomic mass is 9.80. The summed E-state index contributed by atoms with van der Waals surface area (Å²) in [5, 5.41) is -0.669. The Hall–Kier alpha value is -4.28. The van der Waals surface area contributed by atoms with E-state index in [0.717, 1.165) is 16.7 Å². The molecule has 0 saturated carbocycles. The molecule has 5 rings (SSSR count). The van der Waals surface area contributed by atoms with Crippen molar-refractivity contribution in [1.29, 1.82) is 0 Å². The summed E-state index contributed by atoms with van der Waals surface area (Å²) in [5.74, 6) is 1.01. The van der Waals surface area contributed by atoms with E-state index in [4.69, 9.17) is 18.9 Å². The van der Waals surface area contributed by atoms with Crippen LogP contribution in [0.15, 0.2) is 101 Å². The number of carbonyl (C=O) groups is 1. The molecule has 1 aliphatic heterocycles. The van der Waals surface area contributed by atoms with Crippen LogP contribution in [0.2, 0.25) is 0 Å². The molecule has 10 heteroatoms. The van der Waals surface area contributed by atoms with E-state index >= 15 is 0 Å². The first-order chi connectivity index (χ1) is 20.3. The van der Waals surface area contributed by atoms with Crippen molar-refractivity contribution in [3.63, 3.8) is 0 Å². The molecule has 1 N–H and O–H groups in total. The Labute approximate surface area is 247 Å². The van der Waals surface area contributed by atoms with Crippen LogP contribution in [0.1, 0.15) is 35.4 Å². The normalized spacial score (nSPS) is 18.4. The first-order valence-corrected chi connectivity index (χ1v) is 14.4. The van der Waals surface area contributed by atoms with Gasteiger partial charge in [0, 0.05) is 25.6 Å². The number of esters is 1. The van der Waals surface area contributed by atoms with E-state index in [1.165, 1.54) is 35.5 Å². The predicted molar refractivity (Wildman–Crippen MR) is 160 cm³/mol. The maximum atomic E-state index is 12.6. The van der Waals surface area contributed by atoms with Gasteiger partial charge in [-0.3, -0.25) is 19.1 Å². The molecule has 0 aliphatic carbocycles. The zero-order valence-corrected chi connectivity index (χ0v) is 24.3. The summed E-state index contributed by atoms with van der Waals surface area (Å²) in [6.45, 7) is 1.55. The Bertz CT molecular complexity index is 1570. The number of methoxy groups -OCH3 is 2. The number of nitrogens with zero attached hydrogens (tertiary/aromatic N) is 1. The first-order valence-electron chi connectivity index (χ1n) is 13.5. The molecule has 1 aromatic heterocycles. The minimum absolute atomic E-state index is 0.185. The molecule has 1 fully saturated rings. The smallest absolute Gasteiger partial charge is 0.329 e. The second kappa shape index (κ2) is 12.7. The zero-order chi connectivity index (χ0) is 29.7. The lowest BCUT2D eigenvalue weighted by Gasteiger charge is -2.37. The summed E-state index contributed by atoms with van der Waals surface area (Å²) in [6.07, 6.45) is 1.33. The molecule has 0 unspecified atom stereocenters. The summed E-state index contributed by atoms with van der Waals surface area (Å²) in [7, 11) is 3.24. The van der Waals surface area contributed by atoms with E-state index in [0.29, 0.717) is 17.9 Å². The summed E-state index contributed by atoms with van der Waals surface area (Å²) in [5.41, 5.74) is 0.620. The fourth-order valence-corrected chi connectivity index (χ4v) is 6.78. The highest BCUT2D eigenvalue weighted by atomic mass is 32.2. The lowest BCUT2D eigenvalue weighted by Crippen LogP contribution is -2.37. The SMILES string of the molecule is COc1ccc(C(OC[C@H]2S[C@@H](n3ccc(=O)[nH]c3=O)C[C@@H]2OC(C)=O)(c2ccccc2)c2ccc(OC)cc2)cc1. The summed E-state index contributed by atoms with van der Waals surface area (Å²) in [6, 6.07) is 26.7. The minimum atomic E-state index is -1.05. The Morgan fingerprint density at radius 2 is 1.45 bits per heavy atom. The number of nitrogens with one attached hydrogen (secondary N) is 1. The number of aromatic nitrogens is 2. The van der Waals surface area contributed by atoms with Gasteiger partial charge in [0.25, 0.3) is 5.56 Å². The van der Waals surface area contributed by atoms with Crippen molar-refractivity contribution in [2.45, 2.75) is 35.7 Å². The standard InChI is InChI=1S/C32H32N2O7S/c1-21(35)41-27-19-30(34-18-17-29(36)33-31(34)37)42-28(27)20-40-32(22-7-5-4-6-8-22,23-9-13-25(38-2)14-10-23)24-11-15-26(39-3)16-12-24/h4-18,27-28,30H,19-20H2,1-3H3,(H,33,36,37)/t27-,28+,30+/m0/s1. The second-order valence-electron chi connectivity index (χ2n) is 9.85. The van der Waals surface area contributed by atoms with Gasteiger partial charge in [0.05, 0.1) is 31.5 Å². The van der Waals surface area contributed by atoms with Gasteiger partial charge in [-0.2, -0.15) is 0 Å². The molecule has 1 aliphatic rings. The lowest BCUT2D eigenvalue weighted by molar-refractivity contribution is -0.147. The first kappa shape index (κ1) is 29.2. The van der Waals surface area contributed by atoms with Crippen LogP contribution in [-0.2, 0) is 19.9 Å². The van der Waals surface area contributed by atoms with E-state index in [9.17, 15) is 14.4 Å². The quantitative estimate of drug-likeness (QED) is 0.213. The highest BCUT2D eigenvalue weighted by Gasteiger charge is 2.43. The molecule has 4 aromatic rings. The third-order valence-corrected chi connectivity index (χ3v) is 8.82. The number of H-pyrrole nitrogens is 1. The van der Waals surface area contributed by atoms with Gasteiger partial charge in [0.2, 0.25) is 0 Å². The monoisotopic (exact) mass is 588 g/mol. The molecule has 0 amide bonds. The maximum absolute atomic E-state index is 12.6. The van der Waals surface area contributed by atoms with Crippen LogP contribution in [0.5, 0.6) is 11.5 Å². The number of thioether (sulfide) groups is 1. The van der Waals surface area contributed by atoms with Crippen LogP contribution in [0.3, 0.4) is 0 Å². The van der Waals surface area contributed by atoms with Gasteiger partial charge >= 0.3 is 11.7 Å². The van der Waals surface area contributed by atoms with E-state index in [2.05, 4.69) is 4.98 Å². The van der Waals surface area contributed by atoms with Crippen molar-refractivity contribution >= 4 is 17.7 Å². The molecular formula is C32H32N2O7S. The van der Waals surface area contributed by atoms with Gasteiger partial charge in [-0.15, -0.1) is 11.8 Å². The van der Waals surface area contributed by atoms with E-state index in [1.54, 1.807) is 14.2 Å². The Kier molecular flexibility index (Phi) is 8.84. The number of carbonyl (C=O) groups excluding carboxylic acids is 1. The third kappa shape index (κ3) is 6.00. The number of aromatic amines is 1. The number of rotatable bonds is 10. The molecular weight excluding hydrogens is 556 g/mol. The van der Waals surface area contributed by atoms with Crippen LogP contribution in [0, 0.1) is 0 Å². The molecule has 1 saturated heterocycles. The zero-order valence-electron chi connectivity index (χ0n) is 23.5. The van der Waals surface area contributed by atoms with Crippen LogP contribution in [0.4, 0.5) is 0 Å². The third-order valence-electron chi connectivity index (χ3n) is 7.30. The van der Waals surface area contributed by atoms with Gasteiger partial charge in [0.15, 0.2) is 0 Å². The molecule has 3 atom stereocenters. The van der Waals surface area contributed by atoms with Crippen molar-refractivity contribution in [2.24, 2.45) is 0 Å². The van der Waals surface area contributed by atoms with Crippen molar-refractivity contribution in [1.82, 2.24) is 9.55 Å². The predicted octanol–water partition coefficient (Wildman–Crippen LogP) is 4.50. The van der Waals surface area contributed by atoms with Crippen LogP contribution in [0.25, 0.3) is 0 Å². The molecule has 218 valence electrons. The van der Waals surface area contributed by atoms with Crippen molar-refractivity contribution < 1.29 is 23.7 Å². The van der Waals surface area contributed by atoms with E-state index in [1.807, 2.05) is 78.9 Å². The Morgan fingerprint density at radius 3 is 1.98 bits per heavy atom. The van der Waals surface area contributed by atoms with E-state index < -0.39 is 28.9 Å². The largest absolute Gasteiger partial charge is 0.497 e. The molecule has 3 aromatic carbocycles. The number of ether oxygens (including phenoxy) is 4. The van der Waals surface area contributed by atoms with Crippen molar-refractivity contribution in [3.8, 4) is 11.5 Å². The van der Waals surface area contributed by atoms with Gasteiger partial charge in [-0.25, -0.2) is 4.79 Å². The van der Waals surface area contributed by atoms with Crippen LogP contribution in [-0.4, -0.2) is 47.7 Å². The number of benzene rings is 3. The Balaban J connectivity index is 1.57. The van der Waals surface area contributed by atoms with Crippen molar-refractivity contribution in [2.75, 3.05) is 20.8 Å². The molecule has 9 nitrogen and oxygen atoms in total. The van der Waals surface area contributed by atoms with Gasteiger partial charge in [-0.05, 0) is 41.0 Å². The molecule has 2 heterocycles. The molecule has 0 spiro atoms. The van der Waals surface area contributed by atoms with E-state index in [-0.39, 0.29) is 17.2 Å². The second-order valence-corrected chi connectivity index (χ2v) is 11.3. The Morgan fingerprint density at radius 1 is 0.881 bits per heavy atom. The fourth-order valence-electron chi connectivity index (χ4n) is 5.29.